The van der Waals surface area contributed by atoms with Crippen LogP contribution in [-0.2, 0) is 13.1 Å². The van der Waals surface area contributed by atoms with Crippen molar-refractivity contribution in [3.63, 3.8) is 0 Å². The van der Waals surface area contributed by atoms with E-state index in [-0.39, 0.29) is 0 Å². The summed E-state index contributed by atoms with van der Waals surface area (Å²) in [5.41, 5.74) is 9.43. The summed E-state index contributed by atoms with van der Waals surface area (Å²) >= 11 is 0. The van der Waals surface area contributed by atoms with Crippen LogP contribution in [0.25, 0.3) is 0 Å². The maximum Gasteiger partial charge on any atom is 0.231 e. The van der Waals surface area contributed by atoms with Gasteiger partial charge in [-0.25, -0.2) is 9.97 Å². The zero-order valence-electron chi connectivity index (χ0n) is 17.3. The molecule has 0 spiro atoms. The van der Waals surface area contributed by atoms with Crippen molar-refractivity contribution in [1.82, 2.24) is 14.9 Å². The van der Waals surface area contributed by atoms with Crippen LogP contribution >= 0.6 is 0 Å². The first kappa shape index (κ1) is 19.4. The van der Waals surface area contributed by atoms with Crippen molar-refractivity contribution in [2.24, 2.45) is 0 Å². The van der Waals surface area contributed by atoms with Crippen LogP contribution in [0.5, 0.6) is 11.5 Å². The largest absolute Gasteiger partial charge is 0.454 e. The van der Waals surface area contributed by atoms with Crippen LogP contribution in [0.3, 0.4) is 0 Å². The van der Waals surface area contributed by atoms with Gasteiger partial charge in [0.1, 0.15) is 12.0 Å². The number of nitrogens with one attached hydrogen (secondary N) is 1. The standard InChI is InChI=1S/C23H26N6O2/c24-21-22(25-13-17-4-2-1-3-5-17)26-15-27-23(21)29-10-8-28(9-11-29)14-18-6-7-19-20(12-18)31-16-30-19/h1-7,12,15H,8-11,13-14,16,24H2,(H,25,26,27). The topological polar surface area (TPSA) is 88.8 Å². The molecule has 160 valence electrons. The Kier molecular flexibility index (Phi) is 5.45. The van der Waals surface area contributed by atoms with Gasteiger partial charge in [0.15, 0.2) is 23.1 Å². The van der Waals surface area contributed by atoms with E-state index in [9.17, 15) is 0 Å². The number of ether oxygens (including phenoxy) is 2. The van der Waals surface area contributed by atoms with Crippen LogP contribution in [0.2, 0.25) is 0 Å². The Hall–Kier alpha value is -3.52. The first-order chi connectivity index (χ1) is 15.3. The van der Waals surface area contributed by atoms with E-state index >= 15 is 0 Å². The Labute approximate surface area is 181 Å². The lowest BCUT2D eigenvalue weighted by Crippen LogP contribution is -2.46. The molecule has 31 heavy (non-hydrogen) atoms. The minimum Gasteiger partial charge on any atom is -0.454 e. The van der Waals surface area contributed by atoms with Gasteiger partial charge in [0.05, 0.1) is 0 Å². The van der Waals surface area contributed by atoms with Crippen molar-refractivity contribution in [3.8, 4) is 11.5 Å². The molecule has 0 atom stereocenters. The normalized spacial score (nSPS) is 15.8. The van der Waals surface area contributed by atoms with E-state index in [2.05, 4.69) is 49.4 Å². The van der Waals surface area contributed by atoms with E-state index < -0.39 is 0 Å². The summed E-state index contributed by atoms with van der Waals surface area (Å²) in [7, 11) is 0. The second-order valence-corrected chi connectivity index (χ2v) is 7.75. The highest BCUT2D eigenvalue weighted by atomic mass is 16.7. The molecule has 3 N–H and O–H groups in total. The molecule has 3 heterocycles. The van der Waals surface area contributed by atoms with Crippen LogP contribution < -0.4 is 25.4 Å². The Morgan fingerprint density at radius 2 is 1.71 bits per heavy atom. The zero-order chi connectivity index (χ0) is 21.0. The van der Waals surface area contributed by atoms with Gasteiger partial charge >= 0.3 is 0 Å². The molecule has 2 aliphatic heterocycles. The van der Waals surface area contributed by atoms with Crippen LogP contribution in [-0.4, -0.2) is 47.8 Å². The van der Waals surface area contributed by atoms with E-state index in [1.165, 1.54) is 11.1 Å². The average molecular weight is 419 g/mol. The van der Waals surface area contributed by atoms with Crippen molar-refractivity contribution in [3.05, 3.63) is 66.0 Å². The monoisotopic (exact) mass is 418 g/mol. The number of nitrogen functional groups attached to an aromatic ring is 1. The van der Waals surface area contributed by atoms with E-state index in [1.807, 2.05) is 24.3 Å². The number of benzene rings is 2. The molecule has 0 bridgehead atoms. The number of fused-ring (bicyclic) bond motifs is 1. The Morgan fingerprint density at radius 3 is 2.55 bits per heavy atom. The number of aromatic nitrogens is 2. The molecule has 0 radical (unpaired) electrons. The maximum absolute atomic E-state index is 6.42. The molecule has 0 aliphatic carbocycles. The summed E-state index contributed by atoms with van der Waals surface area (Å²) in [5, 5.41) is 3.34. The van der Waals surface area contributed by atoms with Crippen LogP contribution in [0.1, 0.15) is 11.1 Å². The molecule has 5 rings (SSSR count). The molecule has 3 aromatic rings. The number of anilines is 3. The lowest BCUT2D eigenvalue weighted by atomic mass is 10.1. The summed E-state index contributed by atoms with van der Waals surface area (Å²) in [6.07, 6.45) is 1.58. The summed E-state index contributed by atoms with van der Waals surface area (Å²) in [6, 6.07) is 16.4. The lowest BCUT2D eigenvalue weighted by molar-refractivity contribution is 0.174. The Morgan fingerprint density at radius 1 is 0.903 bits per heavy atom. The van der Waals surface area contributed by atoms with Gasteiger partial charge in [-0.15, -0.1) is 0 Å². The van der Waals surface area contributed by atoms with E-state index in [0.717, 1.165) is 50.0 Å². The number of nitrogens with zero attached hydrogens (tertiary/aromatic N) is 4. The minimum absolute atomic E-state index is 0.306. The SMILES string of the molecule is Nc1c(NCc2ccccc2)ncnc1N1CCN(Cc2ccc3c(c2)OCO3)CC1. The van der Waals surface area contributed by atoms with Crippen LogP contribution in [0, 0.1) is 0 Å². The van der Waals surface area contributed by atoms with Crippen molar-refractivity contribution in [1.29, 1.82) is 0 Å². The molecule has 2 aliphatic rings. The predicted molar refractivity (Wildman–Crippen MR) is 120 cm³/mol. The van der Waals surface area contributed by atoms with Gasteiger partial charge in [-0.1, -0.05) is 36.4 Å². The fourth-order valence-electron chi connectivity index (χ4n) is 3.98. The highest BCUT2D eigenvalue weighted by Gasteiger charge is 2.22. The molecule has 8 heteroatoms. The summed E-state index contributed by atoms with van der Waals surface area (Å²) in [5.74, 6) is 3.13. The van der Waals surface area contributed by atoms with Crippen molar-refractivity contribution in [2.75, 3.05) is 48.9 Å². The number of hydrogen-bond donors (Lipinski definition) is 2. The van der Waals surface area contributed by atoms with Crippen molar-refractivity contribution >= 4 is 17.3 Å². The molecule has 0 amide bonds. The maximum atomic E-state index is 6.42. The third-order valence-corrected chi connectivity index (χ3v) is 5.68. The molecule has 1 aromatic heterocycles. The van der Waals surface area contributed by atoms with E-state index in [1.54, 1.807) is 6.33 Å². The number of nitrogens with two attached hydrogens (primary N) is 1. The van der Waals surface area contributed by atoms with Crippen LogP contribution in [0.4, 0.5) is 17.3 Å². The quantitative estimate of drug-likeness (QED) is 0.632. The van der Waals surface area contributed by atoms with Gasteiger partial charge in [-0.2, -0.15) is 0 Å². The third-order valence-electron chi connectivity index (χ3n) is 5.68. The van der Waals surface area contributed by atoms with Crippen molar-refractivity contribution < 1.29 is 9.47 Å². The summed E-state index contributed by atoms with van der Waals surface area (Å²) in [6.45, 7) is 5.46. The Bertz CT molecular complexity index is 1040. The highest BCUT2D eigenvalue weighted by Crippen LogP contribution is 2.33. The van der Waals surface area contributed by atoms with Gasteiger partial charge in [0.2, 0.25) is 6.79 Å². The molecular formula is C23H26N6O2. The molecule has 8 nitrogen and oxygen atoms in total. The van der Waals surface area contributed by atoms with Gasteiger partial charge in [0.25, 0.3) is 0 Å². The third kappa shape index (κ3) is 4.34. The molecule has 1 fully saturated rings. The van der Waals surface area contributed by atoms with E-state index in [4.69, 9.17) is 15.2 Å². The molecule has 0 unspecified atom stereocenters. The number of piperazine rings is 1. The Balaban J connectivity index is 1.19. The van der Waals surface area contributed by atoms with Crippen molar-refractivity contribution in [2.45, 2.75) is 13.1 Å². The van der Waals surface area contributed by atoms with Gasteiger partial charge < -0.3 is 25.4 Å². The summed E-state index contributed by atoms with van der Waals surface area (Å²) in [4.78, 5) is 13.5. The fraction of sp³-hybridized carbons (Fsp3) is 0.304. The fourth-order valence-corrected chi connectivity index (χ4v) is 3.98. The van der Waals surface area contributed by atoms with Crippen LogP contribution in [0.15, 0.2) is 54.9 Å². The second kappa shape index (κ2) is 8.69. The smallest absolute Gasteiger partial charge is 0.231 e. The second-order valence-electron chi connectivity index (χ2n) is 7.75. The molecule has 2 aromatic carbocycles. The van der Waals surface area contributed by atoms with E-state index in [0.29, 0.717) is 24.8 Å². The van der Waals surface area contributed by atoms with Gasteiger partial charge in [-0.3, -0.25) is 4.90 Å². The van der Waals surface area contributed by atoms with Gasteiger partial charge in [-0.05, 0) is 23.3 Å². The molecule has 0 saturated carbocycles. The zero-order valence-corrected chi connectivity index (χ0v) is 17.3. The number of hydrogen-bond acceptors (Lipinski definition) is 8. The lowest BCUT2D eigenvalue weighted by Gasteiger charge is -2.36. The highest BCUT2D eigenvalue weighted by molar-refractivity contribution is 5.75. The number of rotatable bonds is 6. The minimum atomic E-state index is 0.306. The van der Waals surface area contributed by atoms with Gasteiger partial charge in [0, 0.05) is 39.3 Å². The predicted octanol–water partition coefficient (Wildman–Crippen LogP) is 2.72. The first-order valence-electron chi connectivity index (χ1n) is 10.5. The summed E-state index contributed by atoms with van der Waals surface area (Å²) < 4.78 is 10.9. The molecule has 1 saturated heterocycles. The average Bonchev–Trinajstić information content (AvgIpc) is 3.28. The molecular weight excluding hydrogens is 392 g/mol. The first-order valence-corrected chi connectivity index (χ1v) is 10.5.